The molecule has 1 aromatic rings. The number of likely N-dealkylation sites (N-methyl/N-ethyl adjacent to an activating group) is 1. The van der Waals surface area contributed by atoms with Crippen LogP contribution >= 0.6 is 0 Å². The van der Waals surface area contributed by atoms with Gasteiger partial charge in [0, 0.05) is 32.5 Å². The average molecular weight is 221 g/mol. The van der Waals surface area contributed by atoms with E-state index in [1.54, 1.807) is 7.05 Å². The molecule has 0 fully saturated rings. The van der Waals surface area contributed by atoms with Gasteiger partial charge < -0.3 is 15.5 Å². The number of carbonyl (C=O) groups is 1. The first-order chi connectivity index (χ1) is 7.54. The maximum absolute atomic E-state index is 11.3. The molecule has 0 aromatic heterocycles. The number of hydrogen-bond donors (Lipinski definition) is 2. The number of rotatable bonds is 4. The van der Waals surface area contributed by atoms with E-state index < -0.39 is 0 Å². The molecule has 1 aromatic carbocycles. The molecule has 1 unspecified atom stereocenters. The van der Waals surface area contributed by atoms with Gasteiger partial charge in [-0.1, -0.05) is 0 Å². The number of amides is 1. The molecule has 0 spiro atoms. The van der Waals surface area contributed by atoms with Crippen LogP contribution in [0.2, 0.25) is 0 Å². The predicted octanol–water partition coefficient (Wildman–Crippen LogP) is 1.30. The maximum atomic E-state index is 11.3. The number of anilines is 2. The van der Waals surface area contributed by atoms with Crippen molar-refractivity contribution in [2.24, 2.45) is 0 Å². The zero-order valence-corrected chi connectivity index (χ0v) is 10.2. The average Bonchev–Trinajstić information content (AvgIpc) is 2.28. The quantitative estimate of drug-likeness (QED) is 0.805. The molecule has 0 bridgehead atoms. The van der Waals surface area contributed by atoms with E-state index in [-0.39, 0.29) is 11.9 Å². The predicted molar refractivity (Wildman–Crippen MR) is 67.9 cm³/mol. The van der Waals surface area contributed by atoms with Gasteiger partial charge in [-0.05, 0) is 31.2 Å². The molecule has 88 valence electrons. The maximum Gasteiger partial charge on any atom is 0.241 e. The standard InChI is InChI=1S/C12H19N3O/c1-9(12(16)13-2)14-10-5-7-11(8-6-10)15(3)4/h5-9,14H,1-4H3,(H,13,16). The molecule has 1 amide bonds. The van der Waals surface area contributed by atoms with Crippen LogP contribution in [0.3, 0.4) is 0 Å². The zero-order chi connectivity index (χ0) is 12.1. The third kappa shape index (κ3) is 3.15. The summed E-state index contributed by atoms with van der Waals surface area (Å²) in [6, 6.07) is 7.73. The van der Waals surface area contributed by atoms with Crippen LogP contribution in [-0.4, -0.2) is 33.1 Å². The van der Waals surface area contributed by atoms with E-state index in [0.717, 1.165) is 11.4 Å². The minimum Gasteiger partial charge on any atom is -0.378 e. The Morgan fingerprint density at radius 3 is 2.25 bits per heavy atom. The minimum absolute atomic E-state index is 0.0170. The van der Waals surface area contributed by atoms with Crippen molar-refractivity contribution in [3.8, 4) is 0 Å². The Morgan fingerprint density at radius 1 is 1.25 bits per heavy atom. The van der Waals surface area contributed by atoms with Crippen LogP contribution in [0.15, 0.2) is 24.3 Å². The normalized spacial score (nSPS) is 11.8. The van der Waals surface area contributed by atoms with Gasteiger partial charge in [-0.2, -0.15) is 0 Å². The van der Waals surface area contributed by atoms with E-state index in [0.29, 0.717) is 0 Å². The number of carbonyl (C=O) groups excluding carboxylic acids is 1. The van der Waals surface area contributed by atoms with Crippen LogP contribution in [0.5, 0.6) is 0 Å². The molecule has 0 aliphatic carbocycles. The van der Waals surface area contributed by atoms with Gasteiger partial charge in [0.1, 0.15) is 6.04 Å². The van der Waals surface area contributed by atoms with Gasteiger partial charge in [0.25, 0.3) is 0 Å². The van der Waals surface area contributed by atoms with Crippen LogP contribution in [0.4, 0.5) is 11.4 Å². The summed E-state index contributed by atoms with van der Waals surface area (Å²) in [6.07, 6.45) is 0. The summed E-state index contributed by atoms with van der Waals surface area (Å²) in [4.78, 5) is 13.3. The lowest BCUT2D eigenvalue weighted by Gasteiger charge is -2.16. The Labute approximate surface area is 96.6 Å². The Hall–Kier alpha value is -1.71. The third-order valence-corrected chi connectivity index (χ3v) is 2.41. The summed E-state index contributed by atoms with van der Waals surface area (Å²) >= 11 is 0. The molecule has 1 atom stereocenters. The lowest BCUT2D eigenvalue weighted by Crippen LogP contribution is -2.35. The molecule has 0 saturated carbocycles. The molecule has 4 heteroatoms. The van der Waals surface area contributed by atoms with E-state index in [2.05, 4.69) is 10.6 Å². The lowest BCUT2D eigenvalue weighted by atomic mass is 10.2. The monoisotopic (exact) mass is 221 g/mol. The molecule has 4 nitrogen and oxygen atoms in total. The van der Waals surface area contributed by atoms with Crippen LogP contribution in [0.25, 0.3) is 0 Å². The molecule has 1 rings (SSSR count). The first-order valence-electron chi connectivity index (χ1n) is 5.30. The van der Waals surface area contributed by atoms with E-state index in [9.17, 15) is 4.79 Å². The highest BCUT2D eigenvalue weighted by Gasteiger charge is 2.09. The van der Waals surface area contributed by atoms with E-state index >= 15 is 0 Å². The van der Waals surface area contributed by atoms with Crippen LogP contribution in [0, 0.1) is 0 Å². The summed E-state index contributed by atoms with van der Waals surface area (Å²) in [5.41, 5.74) is 2.08. The second-order valence-electron chi connectivity index (χ2n) is 3.92. The molecule has 2 N–H and O–H groups in total. The van der Waals surface area contributed by atoms with Gasteiger partial charge in [0.2, 0.25) is 5.91 Å². The Bertz CT molecular complexity index is 346. The second-order valence-corrected chi connectivity index (χ2v) is 3.92. The molecule has 0 radical (unpaired) electrons. The van der Waals surface area contributed by atoms with Gasteiger partial charge in [-0.15, -0.1) is 0 Å². The van der Waals surface area contributed by atoms with Gasteiger partial charge >= 0.3 is 0 Å². The third-order valence-electron chi connectivity index (χ3n) is 2.41. The van der Waals surface area contributed by atoms with Gasteiger partial charge in [-0.25, -0.2) is 0 Å². The first-order valence-corrected chi connectivity index (χ1v) is 5.30. The van der Waals surface area contributed by atoms with E-state index in [1.807, 2.05) is 50.2 Å². The number of nitrogens with zero attached hydrogens (tertiary/aromatic N) is 1. The molecule has 0 aliphatic heterocycles. The molecular weight excluding hydrogens is 202 g/mol. The van der Waals surface area contributed by atoms with E-state index in [1.165, 1.54) is 0 Å². The second kappa shape index (κ2) is 5.39. The Kier molecular flexibility index (Phi) is 4.17. The van der Waals surface area contributed by atoms with Gasteiger partial charge in [0.15, 0.2) is 0 Å². The van der Waals surface area contributed by atoms with Crippen molar-refractivity contribution < 1.29 is 4.79 Å². The number of benzene rings is 1. The summed E-state index contributed by atoms with van der Waals surface area (Å²) in [6.45, 7) is 1.83. The number of hydrogen-bond acceptors (Lipinski definition) is 3. The van der Waals surface area contributed by atoms with Crippen molar-refractivity contribution in [2.45, 2.75) is 13.0 Å². The summed E-state index contributed by atoms with van der Waals surface area (Å²) in [7, 11) is 5.63. The Morgan fingerprint density at radius 2 is 1.81 bits per heavy atom. The summed E-state index contributed by atoms with van der Waals surface area (Å²) < 4.78 is 0. The Balaban J connectivity index is 2.65. The van der Waals surface area contributed by atoms with Crippen LogP contribution < -0.4 is 15.5 Å². The van der Waals surface area contributed by atoms with Crippen molar-refractivity contribution in [3.63, 3.8) is 0 Å². The molecule has 16 heavy (non-hydrogen) atoms. The highest BCUT2D eigenvalue weighted by atomic mass is 16.2. The first kappa shape index (κ1) is 12.4. The van der Waals surface area contributed by atoms with Crippen LogP contribution in [0.1, 0.15) is 6.92 Å². The van der Waals surface area contributed by atoms with Crippen LogP contribution in [-0.2, 0) is 4.79 Å². The van der Waals surface area contributed by atoms with Crippen molar-refractivity contribution >= 4 is 17.3 Å². The minimum atomic E-state index is -0.227. The SMILES string of the molecule is CNC(=O)C(C)Nc1ccc(N(C)C)cc1. The fraction of sp³-hybridized carbons (Fsp3) is 0.417. The van der Waals surface area contributed by atoms with Crippen molar-refractivity contribution in [3.05, 3.63) is 24.3 Å². The van der Waals surface area contributed by atoms with Crippen molar-refractivity contribution in [2.75, 3.05) is 31.4 Å². The molecular formula is C12H19N3O. The summed E-state index contributed by atoms with van der Waals surface area (Å²) in [5, 5.41) is 5.73. The summed E-state index contributed by atoms with van der Waals surface area (Å²) in [5.74, 6) is -0.0170. The fourth-order valence-corrected chi connectivity index (χ4v) is 1.39. The lowest BCUT2D eigenvalue weighted by molar-refractivity contribution is -0.121. The smallest absolute Gasteiger partial charge is 0.241 e. The van der Waals surface area contributed by atoms with Crippen molar-refractivity contribution in [1.82, 2.24) is 5.32 Å². The van der Waals surface area contributed by atoms with Gasteiger partial charge in [-0.3, -0.25) is 4.79 Å². The molecule has 0 saturated heterocycles. The van der Waals surface area contributed by atoms with Crippen molar-refractivity contribution in [1.29, 1.82) is 0 Å². The zero-order valence-electron chi connectivity index (χ0n) is 10.2. The van der Waals surface area contributed by atoms with E-state index in [4.69, 9.17) is 0 Å². The molecule has 0 heterocycles. The topological polar surface area (TPSA) is 44.4 Å². The molecule has 0 aliphatic rings. The fourth-order valence-electron chi connectivity index (χ4n) is 1.39. The highest BCUT2D eigenvalue weighted by molar-refractivity contribution is 5.83. The largest absolute Gasteiger partial charge is 0.378 e. The highest BCUT2D eigenvalue weighted by Crippen LogP contribution is 2.16. The van der Waals surface area contributed by atoms with Gasteiger partial charge in [0.05, 0.1) is 0 Å². The number of nitrogens with one attached hydrogen (secondary N) is 2.